The number of esters is 1. The maximum absolute atomic E-state index is 13.8. The molecular formula is C34H33ClF4N6O4. The van der Waals surface area contributed by atoms with Crippen LogP contribution in [0.25, 0.3) is 22.2 Å². The Balaban J connectivity index is 1.28. The second kappa shape index (κ2) is 12.6. The van der Waals surface area contributed by atoms with Crippen LogP contribution in [0.15, 0.2) is 48.8 Å². The van der Waals surface area contributed by atoms with Crippen molar-refractivity contribution in [2.75, 3.05) is 18.0 Å². The number of aromatic nitrogens is 3. The first-order valence-corrected chi connectivity index (χ1v) is 15.9. The lowest BCUT2D eigenvalue weighted by molar-refractivity contribution is -0.155. The lowest BCUT2D eigenvalue weighted by Gasteiger charge is -2.36. The fraction of sp³-hybridized carbons (Fsp3) is 0.382. The number of hydrogen-bond donors (Lipinski definition) is 1. The van der Waals surface area contributed by atoms with Crippen molar-refractivity contribution < 1.29 is 36.7 Å². The van der Waals surface area contributed by atoms with E-state index in [1.54, 1.807) is 54.7 Å². The molecule has 1 atom stereocenters. The van der Waals surface area contributed by atoms with E-state index in [0.717, 1.165) is 17.8 Å². The summed E-state index contributed by atoms with van der Waals surface area (Å²) in [5.41, 5.74) is 7.65. The summed E-state index contributed by atoms with van der Waals surface area (Å²) >= 11 is 6.34. The molecule has 0 unspecified atom stereocenters. The van der Waals surface area contributed by atoms with Gasteiger partial charge in [0.1, 0.15) is 17.8 Å². The highest BCUT2D eigenvalue weighted by Crippen LogP contribution is 2.40. The molecule has 2 aliphatic heterocycles. The Morgan fingerprint density at radius 1 is 1.08 bits per heavy atom. The normalized spacial score (nSPS) is 15.8. The quantitative estimate of drug-likeness (QED) is 0.170. The van der Waals surface area contributed by atoms with E-state index in [2.05, 4.69) is 10.1 Å². The topological polar surface area (TPSA) is 124 Å². The van der Waals surface area contributed by atoms with Crippen molar-refractivity contribution in [2.45, 2.75) is 70.7 Å². The van der Waals surface area contributed by atoms with Gasteiger partial charge in [-0.05, 0) is 62.6 Å². The summed E-state index contributed by atoms with van der Waals surface area (Å²) in [4.78, 5) is 45.2. The molecule has 0 radical (unpaired) electrons. The highest BCUT2D eigenvalue weighted by molar-refractivity contribution is 6.33. The van der Waals surface area contributed by atoms with Gasteiger partial charge in [0.25, 0.3) is 5.91 Å². The van der Waals surface area contributed by atoms with E-state index >= 15 is 0 Å². The number of alkyl halides is 4. The number of anilines is 1. The molecule has 2 aliphatic rings. The Bertz CT molecular complexity index is 1970. The first kappa shape index (κ1) is 34.2. The van der Waals surface area contributed by atoms with Crippen LogP contribution in [0.4, 0.5) is 23.2 Å². The van der Waals surface area contributed by atoms with Gasteiger partial charge < -0.3 is 20.3 Å². The van der Waals surface area contributed by atoms with Gasteiger partial charge in [0.05, 0.1) is 47.6 Å². The molecule has 49 heavy (non-hydrogen) atoms. The molecule has 0 saturated carbocycles. The van der Waals surface area contributed by atoms with Crippen LogP contribution in [0.5, 0.6) is 0 Å². The van der Waals surface area contributed by atoms with Crippen LogP contribution in [-0.2, 0) is 33.6 Å². The first-order valence-electron chi connectivity index (χ1n) is 15.5. The molecule has 10 nitrogen and oxygen atoms in total. The van der Waals surface area contributed by atoms with Gasteiger partial charge in [0.15, 0.2) is 0 Å². The maximum atomic E-state index is 13.8. The van der Waals surface area contributed by atoms with Gasteiger partial charge in [0, 0.05) is 41.4 Å². The van der Waals surface area contributed by atoms with E-state index in [1.807, 2.05) is 12.1 Å². The number of pyridine rings is 1. The van der Waals surface area contributed by atoms with Gasteiger partial charge >= 0.3 is 12.1 Å². The minimum atomic E-state index is -4.62. The van der Waals surface area contributed by atoms with Crippen molar-refractivity contribution in [3.63, 3.8) is 0 Å². The molecule has 2 aromatic heterocycles. The average Bonchev–Trinajstić information content (AvgIpc) is 3.53. The van der Waals surface area contributed by atoms with Gasteiger partial charge in [-0.3, -0.25) is 24.0 Å². The fourth-order valence-corrected chi connectivity index (χ4v) is 6.38. The molecule has 2 N–H and O–H groups in total. The number of nitrogens with zero attached hydrogens (tertiary/aromatic N) is 5. The monoisotopic (exact) mass is 700 g/mol. The number of primary amides is 1. The van der Waals surface area contributed by atoms with Crippen molar-refractivity contribution in [1.82, 2.24) is 19.7 Å². The molecule has 0 bridgehead atoms. The number of benzene rings is 2. The number of fused-ring (bicyclic) bond motifs is 2. The number of rotatable bonds is 9. The van der Waals surface area contributed by atoms with E-state index in [0.29, 0.717) is 33.3 Å². The number of amides is 2. The Labute approximate surface area is 283 Å². The summed E-state index contributed by atoms with van der Waals surface area (Å²) in [6, 6.07) is 8.60. The van der Waals surface area contributed by atoms with E-state index in [1.165, 1.54) is 4.90 Å². The minimum Gasteiger partial charge on any atom is -0.460 e. The summed E-state index contributed by atoms with van der Waals surface area (Å²) in [7, 11) is 0. The molecule has 1 fully saturated rings. The average molecular weight is 701 g/mol. The third kappa shape index (κ3) is 7.05. The predicted molar refractivity (Wildman–Crippen MR) is 174 cm³/mol. The predicted octanol–water partition coefficient (Wildman–Crippen LogP) is 5.91. The Hall–Kier alpha value is -4.72. The van der Waals surface area contributed by atoms with E-state index in [-0.39, 0.29) is 55.6 Å². The zero-order valence-electron chi connectivity index (χ0n) is 26.9. The van der Waals surface area contributed by atoms with Crippen molar-refractivity contribution >= 4 is 46.0 Å². The lowest BCUT2D eigenvalue weighted by Crippen LogP contribution is -2.48. The van der Waals surface area contributed by atoms with Crippen molar-refractivity contribution in [1.29, 1.82) is 0 Å². The van der Waals surface area contributed by atoms with Crippen LogP contribution in [0.3, 0.4) is 0 Å². The number of halogens is 5. The van der Waals surface area contributed by atoms with Gasteiger partial charge in [-0.25, -0.2) is 4.39 Å². The van der Waals surface area contributed by atoms with Crippen LogP contribution in [0.1, 0.15) is 60.7 Å². The standard InChI is InChI=1S/C34H33ClF4N6O4/c1-33(2,3)49-29(46)7-6-27(31(40)47)44-15-19-8-18(4-5-23(19)32(44)48)14-45-28-11-22(43-16-21(36)17-43)10-24(25(28)13-42-45)30-26(35)9-20(12-41-30)34(37,38)39/h4-5,8-13,21,27H,6-7,14-17H2,1-3H3,(H2,40,47)/t27-/m0/s1. The summed E-state index contributed by atoms with van der Waals surface area (Å²) in [6.07, 6.45) is -3.41. The summed E-state index contributed by atoms with van der Waals surface area (Å²) in [5.74, 6) is -1.61. The van der Waals surface area contributed by atoms with Crippen LogP contribution in [0.2, 0.25) is 5.02 Å². The molecule has 4 aromatic rings. The molecule has 0 spiro atoms. The Kier molecular flexibility index (Phi) is 8.80. The molecule has 0 aliphatic carbocycles. The number of nitrogens with two attached hydrogens (primary N) is 1. The molecule has 4 heterocycles. The maximum Gasteiger partial charge on any atom is 0.417 e. The first-order chi connectivity index (χ1) is 23.0. The van der Waals surface area contributed by atoms with Crippen LogP contribution >= 0.6 is 11.6 Å². The fourth-order valence-electron chi connectivity index (χ4n) is 6.11. The van der Waals surface area contributed by atoms with Gasteiger partial charge in [-0.15, -0.1) is 0 Å². The Morgan fingerprint density at radius 3 is 2.45 bits per heavy atom. The van der Waals surface area contributed by atoms with Crippen molar-refractivity contribution in [2.24, 2.45) is 5.73 Å². The van der Waals surface area contributed by atoms with Crippen molar-refractivity contribution in [3.8, 4) is 11.3 Å². The third-order valence-corrected chi connectivity index (χ3v) is 8.74. The zero-order valence-corrected chi connectivity index (χ0v) is 27.6. The second-order valence-electron chi connectivity index (χ2n) is 13.3. The zero-order chi connectivity index (χ0) is 35.4. The molecule has 258 valence electrons. The highest BCUT2D eigenvalue weighted by Gasteiger charge is 2.36. The van der Waals surface area contributed by atoms with Gasteiger partial charge in [0.2, 0.25) is 5.91 Å². The number of carbonyl (C=O) groups is 3. The smallest absolute Gasteiger partial charge is 0.417 e. The molecule has 2 aromatic carbocycles. The van der Waals surface area contributed by atoms with E-state index in [4.69, 9.17) is 22.1 Å². The van der Waals surface area contributed by atoms with E-state index < -0.39 is 41.4 Å². The number of ether oxygens (including phenoxy) is 1. The Morgan fingerprint density at radius 2 is 1.82 bits per heavy atom. The van der Waals surface area contributed by atoms with E-state index in [9.17, 15) is 31.9 Å². The van der Waals surface area contributed by atoms with Gasteiger partial charge in [-0.1, -0.05) is 23.7 Å². The number of carbonyl (C=O) groups excluding carboxylic acids is 3. The molecule has 6 rings (SSSR count). The molecule has 2 amide bonds. The summed E-state index contributed by atoms with van der Waals surface area (Å²) < 4.78 is 60.8. The molecular weight excluding hydrogens is 668 g/mol. The molecule has 15 heteroatoms. The largest absolute Gasteiger partial charge is 0.460 e. The van der Waals surface area contributed by atoms with Crippen LogP contribution in [-0.4, -0.2) is 68.4 Å². The SMILES string of the molecule is CC(C)(C)OC(=O)CC[C@@H](C(N)=O)N1Cc2cc(Cn3ncc4c(-c5ncc(C(F)(F)F)cc5Cl)cc(N5CC(F)C5)cc43)ccc2C1=O. The summed E-state index contributed by atoms with van der Waals surface area (Å²) in [6.45, 7) is 5.87. The third-order valence-electron chi connectivity index (χ3n) is 8.45. The number of hydrogen-bond acceptors (Lipinski definition) is 7. The molecule has 1 saturated heterocycles. The highest BCUT2D eigenvalue weighted by atomic mass is 35.5. The second-order valence-corrected chi connectivity index (χ2v) is 13.7. The van der Waals surface area contributed by atoms with Crippen LogP contribution < -0.4 is 10.6 Å². The minimum absolute atomic E-state index is 0.0127. The summed E-state index contributed by atoms with van der Waals surface area (Å²) in [5, 5.41) is 4.94. The van der Waals surface area contributed by atoms with Gasteiger partial charge in [-0.2, -0.15) is 18.3 Å². The van der Waals surface area contributed by atoms with Crippen molar-refractivity contribution in [3.05, 3.63) is 76.1 Å². The van der Waals surface area contributed by atoms with Crippen LogP contribution in [0, 0.1) is 0 Å². The lowest BCUT2D eigenvalue weighted by atomic mass is 10.0.